The SMILES string of the molecule is CC(C)(C)OC(=O)[C@@H](O)[C@@H]1Cc2cc(Cl)ccc2OC1(C)C. The van der Waals surface area contributed by atoms with Crippen molar-refractivity contribution in [3.05, 3.63) is 28.8 Å². The molecule has 4 nitrogen and oxygen atoms in total. The first-order valence-electron chi connectivity index (χ1n) is 7.38. The molecule has 1 N–H and O–H groups in total. The molecule has 1 aromatic carbocycles. The highest BCUT2D eigenvalue weighted by Crippen LogP contribution is 2.40. The van der Waals surface area contributed by atoms with Gasteiger partial charge in [0, 0.05) is 10.9 Å². The third-order valence-corrected chi connectivity index (χ3v) is 3.99. The second kappa shape index (κ2) is 5.74. The van der Waals surface area contributed by atoms with Crippen molar-refractivity contribution >= 4 is 17.6 Å². The van der Waals surface area contributed by atoms with Crippen LogP contribution in [0.3, 0.4) is 0 Å². The summed E-state index contributed by atoms with van der Waals surface area (Å²) < 4.78 is 11.2. The lowest BCUT2D eigenvalue weighted by molar-refractivity contribution is -0.173. The molecule has 2 atom stereocenters. The molecule has 0 aromatic heterocycles. The van der Waals surface area contributed by atoms with Crippen LogP contribution in [0.2, 0.25) is 5.02 Å². The van der Waals surface area contributed by atoms with Gasteiger partial charge in [-0.05, 0) is 64.8 Å². The molecule has 0 aliphatic carbocycles. The minimum Gasteiger partial charge on any atom is -0.487 e. The van der Waals surface area contributed by atoms with E-state index in [2.05, 4.69) is 0 Å². The summed E-state index contributed by atoms with van der Waals surface area (Å²) in [4.78, 5) is 12.2. The molecular weight excluding hydrogens is 304 g/mol. The van der Waals surface area contributed by atoms with E-state index < -0.39 is 29.2 Å². The number of fused-ring (bicyclic) bond motifs is 1. The van der Waals surface area contributed by atoms with Crippen molar-refractivity contribution in [2.75, 3.05) is 0 Å². The number of aliphatic hydroxyl groups is 1. The maximum absolute atomic E-state index is 12.2. The van der Waals surface area contributed by atoms with Gasteiger partial charge in [0.05, 0.1) is 0 Å². The quantitative estimate of drug-likeness (QED) is 0.847. The molecule has 1 aromatic rings. The highest BCUT2D eigenvalue weighted by atomic mass is 35.5. The molecule has 1 aliphatic rings. The summed E-state index contributed by atoms with van der Waals surface area (Å²) in [6.07, 6.45) is -0.745. The van der Waals surface area contributed by atoms with Crippen molar-refractivity contribution in [1.29, 1.82) is 0 Å². The Hall–Kier alpha value is -1.26. The number of benzene rings is 1. The summed E-state index contributed by atoms with van der Waals surface area (Å²) in [5.41, 5.74) is -0.435. The van der Waals surface area contributed by atoms with Gasteiger partial charge in [-0.1, -0.05) is 11.6 Å². The first kappa shape index (κ1) is 17.1. The summed E-state index contributed by atoms with van der Waals surface area (Å²) in [6.45, 7) is 9.05. The van der Waals surface area contributed by atoms with Crippen molar-refractivity contribution in [3.63, 3.8) is 0 Å². The van der Waals surface area contributed by atoms with E-state index >= 15 is 0 Å². The van der Waals surface area contributed by atoms with Crippen LogP contribution in [0.25, 0.3) is 0 Å². The van der Waals surface area contributed by atoms with Crippen LogP contribution in [0.5, 0.6) is 5.75 Å². The van der Waals surface area contributed by atoms with Crippen molar-refractivity contribution in [2.24, 2.45) is 5.92 Å². The van der Waals surface area contributed by atoms with Gasteiger partial charge in [0.15, 0.2) is 6.10 Å². The lowest BCUT2D eigenvalue weighted by Gasteiger charge is -2.41. The summed E-state index contributed by atoms with van der Waals surface area (Å²) in [5, 5.41) is 11.1. The maximum Gasteiger partial charge on any atom is 0.335 e. The number of hydrogen-bond acceptors (Lipinski definition) is 4. The van der Waals surface area contributed by atoms with Crippen molar-refractivity contribution in [1.82, 2.24) is 0 Å². The van der Waals surface area contributed by atoms with E-state index in [4.69, 9.17) is 21.1 Å². The first-order chi connectivity index (χ1) is 9.99. The highest BCUT2D eigenvalue weighted by molar-refractivity contribution is 6.30. The van der Waals surface area contributed by atoms with E-state index in [1.54, 1.807) is 32.9 Å². The molecule has 5 heteroatoms. The number of carbonyl (C=O) groups excluding carboxylic acids is 1. The van der Waals surface area contributed by atoms with Crippen LogP contribution in [0.4, 0.5) is 0 Å². The Morgan fingerprint density at radius 1 is 1.45 bits per heavy atom. The minimum atomic E-state index is -1.25. The zero-order valence-corrected chi connectivity index (χ0v) is 14.4. The summed E-state index contributed by atoms with van der Waals surface area (Å²) in [6, 6.07) is 5.39. The van der Waals surface area contributed by atoms with E-state index in [0.717, 1.165) is 11.3 Å². The summed E-state index contributed by atoms with van der Waals surface area (Å²) >= 11 is 6.02. The summed E-state index contributed by atoms with van der Waals surface area (Å²) in [5.74, 6) is -0.296. The van der Waals surface area contributed by atoms with Crippen LogP contribution in [0.1, 0.15) is 40.2 Å². The number of aliphatic hydroxyl groups excluding tert-OH is 1. The molecule has 0 radical (unpaired) electrons. The Morgan fingerprint density at radius 3 is 2.68 bits per heavy atom. The predicted molar refractivity (Wildman–Crippen MR) is 85.2 cm³/mol. The monoisotopic (exact) mass is 326 g/mol. The third kappa shape index (κ3) is 3.73. The van der Waals surface area contributed by atoms with Crippen LogP contribution >= 0.6 is 11.6 Å². The van der Waals surface area contributed by atoms with Crippen LogP contribution in [-0.4, -0.2) is 28.4 Å². The zero-order valence-electron chi connectivity index (χ0n) is 13.6. The Kier molecular flexibility index (Phi) is 4.46. The molecule has 0 unspecified atom stereocenters. The molecule has 1 heterocycles. The van der Waals surface area contributed by atoms with Gasteiger partial charge in [-0.25, -0.2) is 4.79 Å². The highest BCUT2D eigenvalue weighted by Gasteiger charge is 2.45. The van der Waals surface area contributed by atoms with Crippen molar-refractivity contribution < 1.29 is 19.4 Å². The number of hydrogen-bond donors (Lipinski definition) is 1. The number of halogens is 1. The average Bonchev–Trinajstić information content (AvgIpc) is 2.35. The Morgan fingerprint density at radius 2 is 2.09 bits per heavy atom. The van der Waals surface area contributed by atoms with Gasteiger partial charge in [0.25, 0.3) is 0 Å². The Balaban J connectivity index is 2.25. The maximum atomic E-state index is 12.2. The molecule has 22 heavy (non-hydrogen) atoms. The molecule has 0 saturated carbocycles. The van der Waals surface area contributed by atoms with Crippen molar-refractivity contribution in [2.45, 2.75) is 58.3 Å². The van der Waals surface area contributed by atoms with Crippen LogP contribution < -0.4 is 4.74 Å². The van der Waals surface area contributed by atoms with Crippen LogP contribution in [0, 0.1) is 5.92 Å². The number of carbonyl (C=O) groups is 1. The molecule has 2 rings (SSSR count). The molecule has 0 bridgehead atoms. The van der Waals surface area contributed by atoms with Gasteiger partial charge in [-0.2, -0.15) is 0 Å². The third-order valence-electron chi connectivity index (χ3n) is 3.76. The fraction of sp³-hybridized carbons (Fsp3) is 0.588. The van der Waals surface area contributed by atoms with E-state index in [-0.39, 0.29) is 0 Å². The second-order valence-electron chi connectivity index (χ2n) is 7.25. The number of ether oxygens (including phenoxy) is 2. The summed E-state index contributed by atoms with van der Waals surface area (Å²) in [7, 11) is 0. The van der Waals surface area contributed by atoms with Gasteiger partial charge in [0.1, 0.15) is 17.0 Å². The molecule has 122 valence electrons. The van der Waals surface area contributed by atoms with Crippen molar-refractivity contribution in [3.8, 4) is 5.75 Å². The average molecular weight is 327 g/mol. The number of esters is 1. The Bertz CT molecular complexity index is 575. The molecule has 0 saturated heterocycles. The van der Waals surface area contributed by atoms with Gasteiger partial charge in [-0.3, -0.25) is 0 Å². The van der Waals surface area contributed by atoms with Gasteiger partial charge >= 0.3 is 5.97 Å². The topological polar surface area (TPSA) is 55.8 Å². The molecule has 0 spiro atoms. The smallest absolute Gasteiger partial charge is 0.335 e. The van der Waals surface area contributed by atoms with E-state index in [9.17, 15) is 9.90 Å². The first-order valence-corrected chi connectivity index (χ1v) is 7.76. The molecule has 0 fully saturated rings. The van der Waals surface area contributed by atoms with Crippen LogP contribution in [0.15, 0.2) is 18.2 Å². The number of rotatable bonds is 2. The molecular formula is C17H23ClO4. The van der Waals surface area contributed by atoms with Gasteiger partial charge in [-0.15, -0.1) is 0 Å². The van der Waals surface area contributed by atoms with E-state index in [1.165, 1.54) is 0 Å². The molecule has 0 amide bonds. The second-order valence-corrected chi connectivity index (χ2v) is 7.68. The van der Waals surface area contributed by atoms with Crippen LogP contribution in [-0.2, 0) is 16.0 Å². The minimum absolute atomic E-state index is 0.409. The normalized spacial score (nSPS) is 21.5. The largest absolute Gasteiger partial charge is 0.487 e. The lowest BCUT2D eigenvalue weighted by atomic mass is 9.79. The van der Waals surface area contributed by atoms with E-state index in [0.29, 0.717) is 11.4 Å². The molecule has 1 aliphatic heterocycles. The lowest BCUT2D eigenvalue weighted by Crippen LogP contribution is -2.51. The van der Waals surface area contributed by atoms with Gasteiger partial charge < -0.3 is 14.6 Å². The Labute approximate surface area is 136 Å². The standard InChI is InChI=1S/C17H23ClO4/c1-16(2,3)22-15(20)14(19)12-9-10-8-11(18)6-7-13(10)21-17(12,4)5/h6-8,12,14,19H,9H2,1-5H3/t12-,14-/m0/s1. The van der Waals surface area contributed by atoms with E-state index in [1.807, 2.05) is 19.9 Å². The van der Waals surface area contributed by atoms with Gasteiger partial charge in [0.2, 0.25) is 0 Å². The fourth-order valence-corrected chi connectivity index (χ4v) is 2.86. The fourth-order valence-electron chi connectivity index (χ4n) is 2.67. The predicted octanol–water partition coefficient (Wildman–Crippen LogP) is 3.37. The zero-order chi connectivity index (χ0) is 16.7.